The minimum absolute atomic E-state index is 0.0218. The second-order valence-corrected chi connectivity index (χ2v) is 5.65. The summed E-state index contributed by atoms with van der Waals surface area (Å²) in [6, 6.07) is 4.05. The van der Waals surface area contributed by atoms with Crippen molar-refractivity contribution in [3.05, 3.63) is 44.0 Å². The number of nitrogens with one attached hydrogen (secondary N) is 1. The number of rotatable bonds is 3. The van der Waals surface area contributed by atoms with Crippen molar-refractivity contribution in [1.82, 2.24) is 5.43 Å². The zero-order valence-electron chi connectivity index (χ0n) is 7.24. The Morgan fingerprint density at radius 1 is 1.50 bits per heavy atom. The molecule has 0 spiro atoms. The van der Waals surface area contributed by atoms with Crippen molar-refractivity contribution in [2.24, 2.45) is 5.84 Å². The first-order chi connectivity index (χ1) is 6.81. The van der Waals surface area contributed by atoms with Crippen molar-refractivity contribution in [3.8, 4) is 0 Å². The van der Waals surface area contributed by atoms with Crippen molar-refractivity contribution >= 4 is 33.9 Å². The van der Waals surface area contributed by atoms with Gasteiger partial charge in [-0.25, -0.2) is 5.43 Å². The third-order valence-electron chi connectivity index (χ3n) is 1.96. The summed E-state index contributed by atoms with van der Waals surface area (Å²) in [4.78, 5) is 0. The number of hydrazine groups is 1. The molecule has 14 heavy (non-hydrogen) atoms. The lowest BCUT2D eigenvalue weighted by molar-refractivity contribution is 0.553. The second kappa shape index (κ2) is 4.43. The van der Waals surface area contributed by atoms with Gasteiger partial charge in [0.2, 0.25) is 0 Å². The van der Waals surface area contributed by atoms with Crippen LogP contribution in [-0.4, -0.2) is 0 Å². The number of hydrogen-bond acceptors (Lipinski definition) is 4. The molecule has 1 unspecified atom stereocenters. The third-order valence-corrected chi connectivity index (χ3v) is 3.77. The van der Waals surface area contributed by atoms with Crippen LogP contribution in [0.2, 0.25) is 0 Å². The molecular weight excluding hydrogens is 311 g/mol. The molecule has 0 fully saturated rings. The maximum Gasteiger partial charge on any atom is 0.0954 e. The monoisotopic (exact) mass is 320 g/mol. The van der Waals surface area contributed by atoms with Gasteiger partial charge in [-0.1, -0.05) is 0 Å². The van der Waals surface area contributed by atoms with Gasteiger partial charge in [-0.05, 0) is 45.7 Å². The molecule has 2 rings (SSSR count). The molecule has 0 radical (unpaired) electrons. The average molecular weight is 320 g/mol. The van der Waals surface area contributed by atoms with Crippen molar-refractivity contribution in [2.45, 2.75) is 6.04 Å². The highest BCUT2D eigenvalue weighted by atomic mass is 127. The highest BCUT2D eigenvalue weighted by molar-refractivity contribution is 14.1. The van der Waals surface area contributed by atoms with Gasteiger partial charge in [-0.15, -0.1) is 11.3 Å². The molecule has 1 atom stereocenters. The molecule has 2 aromatic heterocycles. The Morgan fingerprint density at radius 3 is 2.86 bits per heavy atom. The first kappa shape index (κ1) is 10.2. The Labute approximate surface area is 99.4 Å². The fourth-order valence-electron chi connectivity index (χ4n) is 1.30. The molecule has 5 heteroatoms. The molecule has 0 aliphatic carbocycles. The number of hydrogen-bond donors (Lipinski definition) is 2. The van der Waals surface area contributed by atoms with Gasteiger partial charge in [0.1, 0.15) is 0 Å². The Kier molecular flexibility index (Phi) is 3.22. The summed E-state index contributed by atoms with van der Waals surface area (Å²) in [5.74, 6) is 5.52. The maximum atomic E-state index is 5.52. The molecule has 0 aromatic carbocycles. The van der Waals surface area contributed by atoms with E-state index in [4.69, 9.17) is 10.3 Å². The van der Waals surface area contributed by atoms with Gasteiger partial charge >= 0.3 is 0 Å². The molecule has 3 N–H and O–H groups in total. The van der Waals surface area contributed by atoms with Crippen molar-refractivity contribution in [2.75, 3.05) is 0 Å². The number of halogens is 1. The van der Waals surface area contributed by atoms with Gasteiger partial charge in [0.05, 0.1) is 21.5 Å². The Morgan fingerprint density at radius 2 is 2.36 bits per heavy atom. The van der Waals surface area contributed by atoms with Gasteiger partial charge in [0.15, 0.2) is 0 Å². The van der Waals surface area contributed by atoms with E-state index in [0.29, 0.717) is 0 Å². The van der Waals surface area contributed by atoms with E-state index < -0.39 is 0 Å². The first-order valence-corrected chi connectivity index (χ1v) is 5.99. The van der Waals surface area contributed by atoms with Crippen LogP contribution in [0.25, 0.3) is 0 Å². The molecule has 0 bridgehead atoms. The van der Waals surface area contributed by atoms with E-state index >= 15 is 0 Å². The highest BCUT2D eigenvalue weighted by Gasteiger charge is 2.14. The number of thiophene rings is 1. The molecule has 2 heterocycles. The summed E-state index contributed by atoms with van der Waals surface area (Å²) >= 11 is 4.00. The Balaban J connectivity index is 2.31. The normalized spacial score (nSPS) is 13.0. The van der Waals surface area contributed by atoms with Crippen LogP contribution < -0.4 is 11.3 Å². The molecule has 0 aliphatic rings. The van der Waals surface area contributed by atoms with Gasteiger partial charge in [-0.3, -0.25) is 5.84 Å². The van der Waals surface area contributed by atoms with E-state index in [2.05, 4.69) is 39.5 Å². The highest BCUT2D eigenvalue weighted by Crippen LogP contribution is 2.26. The van der Waals surface area contributed by atoms with Gasteiger partial charge in [-0.2, -0.15) is 0 Å². The number of furan rings is 1. The van der Waals surface area contributed by atoms with Crippen molar-refractivity contribution in [3.63, 3.8) is 0 Å². The zero-order valence-corrected chi connectivity index (χ0v) is 10.2. The molecular formula is C9H9IN2OS. The van der Waals surface area contributed by atoms with Crippen LogP contribution >= 0.6 is 33.9 Å². The smallest absolute Gasteiger partial charge is 0.0954 e. The van der Waals surface area contributed by atoms with Crippen LogP contribution in [0.5, 0.6) is 0 Å². The molecule has 2 aromatic rings. The molecule has 0 saturated heterocycles. The predicted molar refractivity (Wildman–Crippen MR) is 64.9 cm³/mol. The van der Waals surface area contributed by atoms with E-state index in [0.717, 1.165) is 5.56 Å². The molecule has 0 amide bonds. The average Bonchev–Trinajstić information content (AvgIpc) is 2.79. The Bertz CT molecular complexity index is 399. The first-order valence-electron chi connectivity index (χ1n) is 4.03. The van der Waals surface area contributed by atoms with E-state index in [1.165, 1.54) is 8.45 Å². The molecule has 0 aliphatic heterocycles. The summed E-state index contributed by atoms with van der Waals surface area (Å²) in [6.07, 6.45) is 3.35. The lowest BCUT2D eigenvalue weighted by Crippen LogP contribution is -2.28. The minimum atomic E-state index is 0.0218. The summed E-state index contributed by atoms with van der Waals surface area (Å²) in [5.41, 5.74) is 4.99. The van der Waals surface area contributed by atoms with Gasteiger partial charge in [0, 0.05) is 5.56 Å². The van der Waals surface area contributed by atoms with E-state index in [1.807, 2.05) is 6.07 Å². The van der Waals surface area contributed by atoms with Gasteiger partial charge < -0.3 is 4.42 Å². The van der Waals surface area contributed by atoms with Crippen LogP contribution in [0.3, 0.4) is 0 Å². The second-order valence-electron chi connectivity index (χ2n) is 2.84. The van der Waals surface area contributed by atoms with Gasteiger partial charge in [0.25, 0.3) is 0 Å². The minimum Gasteiger partial charge on any atom is -0.472 e. The summed E-state index contributed by atoms with van der Waals surface area (Å²) in [7, 11) is 0. The van der Waals surface area contributed by atoms with Crippen LogP contribution in [0.1, 0.15) is 17.2 Å². The fourth-order valence-corrected chi connectivity index (χ4v) is 2.70. The molecule has 3 nitrogen and oxygen atoms in total. The lowest BCUT2D eigenvalue weighted by Gasteiger charge is -2.11. The van der Waals surface area contributed by atoms with Crippen LogP contribution in [0.4, 0.5) is 0 Å². The fraction of sp³-hybridized carbons (Fsp3) is 0.111. The summed E-state index contributed by atoms with van der Waals surface area (Å²) < 4.78 is 6.28. The van der Waals surface area contributed by atoms with Crippen LogP contribution in [-0.2, 0) is 0 Å². The quantitative estimate of drug-likeness (QED) is 0.519. The predicted octanol–water partition coefficient (Wildman–Crippen LogP) is 2.50. The third kappa shape index (κ3) is 2.00. The summed E-state index contributed by atoms with van der Waals surface area (Å²) in [5, 5.41) is 2.10. The maximum absolute atomic E-state index is 5.52. The molecule has 74 valence electrons. The Hall–Kier alpha value is -0.370. The van der Waals surface area contributed by atoms with Crippen LogP contribution in [0.15, 0.2) is 34.5 Å². The summed E-state index contributed by atoms with van der Waals surface area (Å²) in [6.45, 7) is 0. The molecule has 0 saturated carbocycles. The van der Waals surface area contributed by atoms with Crippen molar-refractivity contribution < 1.29 is 4.42 Å². The van der Waals surface area contributed by atoms with Crippen LogP contribution in [0, 0.1) is 2.88 Å². The largest absolute Gasteiger partial charge is 0.472 e. The SMILES string of the molecule is NNC(c1ccoc1)c1csc(I)c1. The zero-order chi connectivity index (χ0) is 9.97. The van der Waals surface area contributed by atoms with E-state index in [9.17, 15) is 0 Å². The lowest BCUT2D eigenvalue weighted by atomic mass is 10.1. The van der Waals surface area contributed by atoms with E-state index in [1.54, 1.807) is 23.9 Å². The topological polar surface area (TPSA) is 51.2 Å². The standard InChI is InChI=1S/C9H9IN2OS/c10-8-3-7(5-14-8)9(12-11)6-1-2-13-4-6/h1-5,9,12H,11H2. The van der Waals surface area contributed by atoms with Crippen molar-refractivity contribution in [1.29, 1.82) is 0 Å². The van der Waals surface area contributed by atoms with E-state index in [-0.39, 0.29) is 6.04 Å². The number of nitrogens with two attached hydrogens (primary N) is 1.